The van der Waals surface area contributed by atoms with Crippen LogP contribution in [0.5, 0.6) is 0 Å². The Morgan fingerprint density at radius 2 is 2.08 bits per heavy atom. The zero-order valence-electron chi connectivity index (χ0n) is 14.5. The summed E-state index contributed by atoms with van der Waals surface area (Å²) in [5.74, 6) is -0.687. The molecule has 1 saturated carbocycles. The first-order valence-corrected chi connectivity index (χ1v) is 9.34. The van der Waals surface area contributed by atoms with Gasteiger partial charge in [0.1, 0.15) is 6.04 Å². The molecule has 0 radical (unpaired) electrons. The molecule has 1 aliphatic carbocycles. The molecule has 3 atom stereocenters. The molecule has 26 heavy (non-hydrogen) atoms. The average molecular weight is 354 g/mol. The summed E-state index contributed by atoms with van der Waals surface area (Å²) in [6, 6.07) is 6.65. The third-order valence-corrected chi connectivity index (χ3v) is 6.04. The van der Waals surface area contributed by atoms with E-state index in [0.717, 1.165) is 36.3 Å². The smallest absolute Gasteiger partial charge is 0.255 e. The zero-order valence-corrected chi connectivity index (χ0v) is 14.5. The molecule has 3 amide bonds. The Morgan fingerprint density at radius 3 is 2.92 bits per heavy atom. The molecule has 0 aromatic heterocycles. The number of hydrogen-bond donors (Lipinski definition) is 2. The van der Waals surface area contributed by atoms with Crippen LogP contribution in [0.3, 0.4) is 0 Å². The van der Waals surface area contributed by atoms with Crippen molar-refractivity contribution in [2.24, 2.45) is 0 Å². The van der Waals surface area contributed by atoms with Gasteiger partial charge in [0.25, 0.3) is 5.91 Å². The van der Waals surface area contributed by atoms with Crippen molar-refractivity contribution in [2.45, 2.75) is 50.5 Å². The van der Waals surface area contributed by atoms with Gasteiger partial charge in [0.15, 0.2) is 0 Å². The van der Waals surface area contributed by atoms with Gasteiger partial charge in [-0.25, -0.2) is 0 Å². The van der Waals surface area contributed by atoms with E-state index in [1.165, 1.54) is 6.42 Å². The number of imide groups is 1. The van der Waals surface area contributed by atoms with Gasteiger partial charge in [-0.3, -0.25) is 24.6 Å². The van der Waals surface area contributed by atoms with E-state index in [0.29, 0.717) is 25.0 Å². The van der Waals surface area contributed by atoms with Crippen LogP contribution in [0.25, 0.3) is 0 Å². The quantitative estimate of drug-likeness (QED) is 0.747. The van der Waals surface area contributed by atoms with Crippen molar-refractivity contribution in [2.75, 3.05) is 13.1 Å². The Balaban J connectivity index is 1.39. The summed E-state index contributed by atoms with van der Waals surface area (Å²) in [5.41, 5.74) is 2.79. The number of rotatable bonds is 3. The highest BCUT2D eigenvalue weighted by molar-refractivity contribution is 6.05. The van der Waals surface area contributed by atoms with Gasteiger partial charge < -0.3 is 10.2 Å². The van der Waals surface area contributed by atoms with Crippen LogP contribution in [0, 0.1) is 0 Å². The van der Waals surface area contributed by atoms with E-state index >= 15 is 0 Å². The summed E-state index contributed by atoms with van der Waals surface area (Å²) in [7, 11) is 0. The maximum absolute atomic E-state index is 13.1. The third-order valence-electron chi connectivity index (χ3n) is 6.04. The van der Waals surface area contributed by atoms with E-state index in [1.54, 1.807) is 4.90 Å². The van der Waals surface area contributed by atoms with Gasteiger partial charge in [0.2, 0.25) is 11.8 Å². The highest BCUT2D eigenvalue weighted by Gasteiger charge is 2.45. The van der Waals surface area contributed by atoms with Gasteiger partial charge in [-0.2, -0.15) is 0 Å². The second-order valence-corrected chi connectivity index (χ2v) is 7.69. The molecule has 1 aromatic rings. The van der Waals surface area contributed by atoms with Gasteiger partial charge in [-0.15, -0.1) is 0 Å². The number of fused-ring (bicyclic) bond motifs is 2. The van der Waals surface area contributed by atoms with Gasteiger partial charge in [0, 0.05) is 50.2 Å². The van der Waals surface area contributed by atoms with Crippen LogP contribution in [-0.4, -0.2) is 58.7 Å². The van der Waals surface area contributed by atoms with Crippen LogP contribution in [0.1, 0.15) is 40.7 Å². The first-order chi connectivity index (χ1) is 12.6. The first kappa shape index (κ1) is 16.0. The number of piperazine rings is 1. The molecule has 136 valence electrons. The van der Waals surface area contributed by atoms with E-state index in [1.807, 2.05) is 18.2 Å². The lowest BCUT2D eigenvalue weighted by Crippen LogP contribution is -2.52. The van der Waals surface area contributed by atoms with Gasteiger partial charge >= 0.3 is 0 Å². The average Bonchev–Trinajstić information content (AvgIpc) is 3.34. The minimum absolute atomic E-state index is 0.0763. The Morgan fingerprint density at radius 1 is 1.19 bits per heavy atom. The lowest BCUT2D eigenvalue weighted by atomic mass is 10.0. The Bertz CT molecular complexity index is 808. The number of hydrogen-bond acceptors (Lipinski definition) is 5. The predicted molar refractivity (Wildman–Crippen MR) is 93.1 cm³/mol. The fraction of sp³-hybridized carbons (Fsp3) is 0.526. The number of nitrogens with one attached hydrogen (secondary N) is 2. The topological polar surface area (TPSA) is 81.8 Å². The maximum Gasteiger partial charge on any atom is 0.255 e. The minimum Gasteiger partial charge on any atom is -0.322 e. The molecule has 0 bridgehead atoms. The summed E-state index contributed by atoms with van der Waals surface area (Å²) < 4.78 is 0. The second-order valence-electron chi connectivity index (χ2n) is 7.69. The SMILES string of the molecule is O=C1CCC(N2Cc3cccc(CN4CCNC5CC54)c3C2=O)C(=O)N1. The van der Waals surface area contributed by atoms with E-state index in [-0.39, 0.29) is 24.1 Å². The van der Waals surface area contributed by atoms with E-state index in [4.69, 9.17) is 0 Å². The fourth-order valence-corrected chi connectivity index (χ4v) is 4.60. The first-order valence-electron chi connectivity index (χ1n) is 9.34. The van der Waals surface area contributed by atoms with Crippen molar-refractivity contribution in [3.05, 3.63) is 34.9 Å². The minimum atomic E-state index is -0.549. The maximum atomic E-state index is 13.1. The molecule has 0 spiro atoms. The van der Waals surface area contributed by atoms with Gasteiger partial charge in [-0.1, -0.05) is 18.2 Å². The molecule has 3 aliphatic heterocycles. The van der Waals surface area contributed by atoms with Crippen LogP contribution in [-0.2, 0) is 22.7 Å². The number of piperidine rings is 1. The van der Waals surface area contributed by atoms with Gasteiger partial charge in [0.05, 0.1) is 0 Å². The summed E-state index contributed by atoms with van der Waals surface area (Å²) >= 11 is 0. The van der Waals surface area contributed by atoms with Crippen LogP contribution < -0.4 is 10.6 Å². The molecule has 3 fully saturated rings. The van der Waals surface area contributed by atoms with Crippen molar-refractivity contribution in [3.8, 4) is 0 Å². The van der Waals surface area contributed by atoms with E-state index in [2.05, 4.69) is 15.5 Å². The molecule has 7 nitrogen and oxygen atoms in total. The highest BCUT2D eigenvalue weighted by Crippen LogP contribution is 2.34. The van der Waals surface area contributed by atoms with Crippen molar-refractivity contribution in [1.29, 1.82) is 0 Å². The predicted octanol–water partition coefficient (Wildman–Crippen LogP) is -0.00630. The molecule has 7 heteroatoms. The zero-order chi connectivity index (χ0) is 17.8. The van der Waals surface area contributed by atoms with Crippen molar-refractivity contribution < 1.29 is 14.4 Å². The molecule has 3 heterocycles. The monoisotopic (exact) mass is 354 g/mol. The van der Waals surface area contributed by atoms with E-state index in [9.17, 15) is 14.4 Å². The lowest BCUT2D eigenvalue weighted by molar-refractivity contribution is -0.136. The summed E-state index contributed by atoms with van der Waals surface area (Å²) in [6.45, 7) is 3.21. The number of amides is 3. The number of carbonyl (C=O) groups excluding carboxylic acids is 3. The van der Waals surface area contributed by atoms with Crippen molar-refractivity contribution in [3.63, 3.8) is 0 Å². The number of carbonyl (C=O) groups is 3. The largest absolute Gasteiger partial charge is 0.322 e. The second kappa shape index (κ2) is 5.89. The standard InChI is InChI=1S/C19H22N4O3/c24-16-5-4-14(18(25)21-16)23-10-12-3-1-2-11(17(12)19(23)26)9-22-7-6-20-13-8-15(13)22/h1-3,13-15,20H,4-10H2,(H,21,24,25). The normalized spacial score (nSPS) is 30.8. The molecule has 3 unspecified atom stereocenters. The van der Waals surface area contributed by atoms with Crippen LogP contribution >= 0.6 is 0 Å². The highest BCUT2D eigenvalue weighted by atomic mass is 16.2. The van der Waals surface area contributed by atoms with Crippen LogP contribution in [0.2, 0.25) is 0 Å². The van der Waals surface area contributed by atoms with Crippen molar-refractivity contribution in [1.82, 2.24) is 20.4 Å². The summed E-state index contributed by atoms with van der Waals surface area (Å²) in [4.78, 5) is 40.8. The Labute approximate surface area is 151 Å². The Kier molecular flexibility index (Phi) is 3.62. The Hall–Kier alpha value is -2.25. The molecular formula is C19H22N4O3. The lowest BCUT2D eigenvalue weighted by Gasteiger charge is -2.29. The van der Waals surface area contributed by atoms with Gasteiger partial charge in [-0.05, 0) is 24.0 Å². The molecule has 1 aromatic carbocycles. The molecular weight excluding hydrogens is 332 g/mol. The summed E-state index contributed by atoms with van der Waals surface area (Å²) in [5, 5.41) is 5.86. The molecule has 5 rings (SSSR count). The van der Waals surface area contributed by atoms with Crippen LogP contribution in [0.4, 0.5) is 0 Å². The molecule has 2 N–H and O–H groups in total. The summed E-state index contributed by atoms with van der Waals surface area (Å²) in [6.07, 6.45) is 1.87. The third kappa shape index (κ3) is 2.54. The number of nitrogens with zero attached hydrogens (tertiary/aromatic N) is 2. The van der Waals surface area contributed by atoms with Crippen LogP contribution in [0.15, 0.2) is 18.2 Å². The molecule has 2 saturated heterocycles. The fourth-order valence-electron chi connectivity index (χ4n) is 4.60. The van der Waals surface area contributed by atoms with E-state index < -0.39 is 6.04 Å². The number of benzene rings is 1. The molecule has 4 aliphatic rings. The van der Waals surface area contributed by atoms with Crippen molar-refractivity contribution >= 4 is 17.7 Å².